The van der Waals surface area contributed by atoms with Gasteiger partial charge in [0.1, 0.15) is 0 Å². The van der Waals surface area contributed by atoms with E-state index in [1.54, 1.807) is 0 Å². The normalized spacial score (nSPS) is 8.91. The molecule has 0 aromatic heterocycles. The van der Waals surface area contributed by atoms with Crippen LogP contribution in [-0.2, 0) is 9.59 Å². The second kappa shape index (κ2) is 5.19. The Morgan fingerprint density at radius 2 is 1.36 bits per heavy atom. The van der Waals surface area contributed by atoms with Crippen LogP contribution in [0.1, 0.15) is 15.3 Å². The van der Waals surface area contributed by atoms with Crippen molar-refractivity contribution in [2.24, 2.45) is 5.41 Å². The van der Waals surface area contributed by atoms with Crippen molar-refractivity contribution in [2.75, 3.05) is 0 Å². The molecule has 0 unspecified atom stereocenters. The summed E-state index contributed by atoms with van der Waals surface area (Å²) in [6, 6.07) is 0. The molecule has 0 radical (unpaired) electrons. The predicted octanol–water partition coefficient (Wildman–Crippen LogP) is -3.53. The second-order valence-corrected chi connectivity index (χ2v) is 2.24. The topological polar surface area (TPSA) is 106 Å². The number of carboxylic acid groups (broad SMARTS) is 2. The van der Waals surface area contributed by atoms with Gasteiger partial charge in [-0.1, -0.05) is 0 Å². The minimum Gasteiger partial charge on any atom is -1.00 e. The van der Waals surface area contributed by atoms with Crippen molar-refractivity contribution in [3.05, 3.63) is 0 Å². The Bertz CT molecular complexity index is 142. The van der Waals surface area contributed by atoms with E-state index in [0.717, 1.165) is 13.8 Å². The van der Waals surface area contributed by atoms with Crippen molar-refractivity contribution < 1.29 is 45.6 Å². The molecule has 0 saturated heterocycles. The molecule has 0 atom stereocenters. The van der Waals surface area contributed by atoms with Crippen LogP contribution in [0.4, 0.5) is 0 Å². The van der Waals surface area contributed by atoms with Gasteiger partial charge in [0.25, 0.3) is 0 Å². The zero-order chi connectivity index (χ0) is 7.65. The molecule has 0 fully saturated rings. The van der Waals surface area contributed by atoms with Crippen LogP contribution in [0.15, 0.2) is 0 Å². The van der Waals surface area contributed by atoms with E-state index in [1.807, 2.05) is 0 Å². The minimum absolute atomic E-state index is 0. The number of carboxylic acids is 2. The number of aliphatic carboxylic acids is 2. The van der Waals surface area contributed by atoms with Crippen LogP contribution in [0.2, 0.25) is 0 Å². The standard InChI is InChI=1S/C5H8O4.Li.H2O.H/c1-5(2,3(6)7)4(8)9;;;/h1-2H3,(H,6,7)(H,8,9);;1H2;/q;+1;;-1. The SMILES string of the molecule is CC(C)(C(=O)O)C(=O)O.O.[H-].[Li+]. The molecule has 0 aromatic carbocycles. The Hall–Kier alpha value is -0.503. The average molecular weight is 158 g/mol. The van der Waals surface area contributed by atoms with Crippen LogP contribution in [0, 0.1) is 5.41 Å². The van der Waals surface area contributed by atoms with Crippen molar-refractivity contribution in [1.82, 2.24) is 0 Å². The van der Waals surface area contributed by atoms with E-state index in [0.29, 0.717) is 0 Å². The summed E-state index contributed by atoms with van der Waals surface area (Å²) in [6.45, 7) is 2.27. The summed E-state index contributed by atoms with van der Waals surface area (Å²) < 4.78 is 0. The number of hydrogen-bond acceptors (Lipinski definition) is 2. The van der Waals surface area contributed by atoms with Crippen LogP contribution in [0.25, 0.3) is 0 Å². The van der Waals surface area contributed by atoms with Gasteiger partial charge in [-0.25, -0.2) is 0 Å². The number of rotatable bonds is 2. The van der Waals surface area contributed by atoms with Gasteiger partial charge in [0.2, 0.25) is 0 Å². The fourth-order valence-electron chi connectivity index (χ4n) is 0.0915. The fraction of sp³-hybridized carbons (Fsp3) is 0.600. The van der Waals surface area contributed by atoms with Crippen LogP contribution >= 0.6 is 0 Å². The zero-order valence-corrected chi connectivity index (χ0v) is 6.71. The molecule has 0 spiro atoms. The number of carbonyl (C=O) groups is 2. The summed E-state index contributed by atoms with van der Waals surface area (Å²) in [4.78, 5) is 20.2. The molecule has 5 nitrogen and oxygen atoms in total. The first-order valence-electron chi connectivity index (χ1n) is 2.36. The van der Waals surface area contributed by atoms with E-state index >= 15 is 0 Å². The molecule has 0 aromatic rings. The van der Waals surface area contributed by atoms with Crippen LogP contribution in [0.3, 0.4) is 0 Å². The van der Waals surface area contributed by atoms with Gasteiger partial charge in [0, 0.05) is 0 Å². The van der Waals surface area contributed by atoms with Gasteiger partial charge in [-0.3, -0.25) is 9.59 Å². The molecule has 0 aliphatic heterocycles. The zero-order valence-electron chi connectivity index (χ0n) is 7.71. The molecular weight excluding hydrogens is 147 g/mol. The molecule has 0 saturated carbocycles. The van der Waals surface area contributed by atoms with Gasteiger partial charge in [-0.2, -0.15) is 0 Å². The Morgan fingerprint density at radius 1 is 1.18 bits per heavy atom. The third-order valence-electron chi connectivity index (χ3n) is 1.07. The van der Waals surface area contributed by atoms with Gasteiger partial charge >= 0.3 is 30.8 Å². The van der Waals surface area contributed by atoms with Crippen molar-refractivity contribution >= 4 is 11.9 Å². The summed E-state index contributed by atoms with van der Waals surface area (Å²) in [5, 5.41) is 16.5. The van der Waals surface area contributed by atoms with Gasteiger partial charge in [-0.15, -0.1) is 0 Å². The summed E-state index contributed by atoms with van der Waals surface area (Å²) in [5.41, 5.74) is -1.67. The molecule has 6 heteroatoms. The van der Waals surface area contributed by atoms with E-state index in [2.05, 4.69) is 0 Å². The van der Waals surface area contributed by atoms with Gasteiger partial charge in [0.05, 0.1) is 0 Å². The summed E-state index contributed by atoms with van der Waals surface area (Å²) in [6.07, 6.45) is 0. The summed E-state index contributed by atoms with van der Waals surface area (Å²) in [7, 11) is 0. The minimum atomic E-state index is -1.67. The molecule has 11 heavy (non-hydrogen) atoms. The number of hydrogen-bond donors (Lipinski definition) is 2. The molecule has 4 N–H and O–H groups in total. The fourth-order valence-corrected chi connectivity index (χ4v) is 0.0915. The van der Waals surface area contributed by atoms with Gasteiger partial charge in [-0.05, 0) is 13.8 Å². The van der Waals surface area contributed by atoms with Crippen molar-refractivity contribution in [2.45, 2.75) is 13.8 Å². The Balaban J connectivity index is -0.000000107. The Kier molecular flexibility index (Phi) is 7.94. The molecule has 0 rings (SSSR count). The molecule has 0 bridgehead atoms. The van der Waals surface area contributed by atoms with Gasteiger partial charge < -0.3 is 17.1 Å². The first kappa shape index (κ1) is 16.8. The van der Waals surface area contributed by atoms with E-state index in [4.69, 9.17) is 10.2 Å². The first-order valence-corrected chi connectivity index (χ1v) is 2.36. The summed E-state index contributed by atoms with van der Waals surface area (Å²) in [5.74, 6) is -2.65. The van der Waals surface area contributed by atoms with Crippen LogP contribution < -0.4 is 18.9 Å². The molecular formula is C5H11LiO5. The van der Waals surface area contributed by atoms with Crippen molar-refractivity contribution in [3.8, 4) is 0 Å². The second-order valence-electron chi connectivity index (χ2n) is 2.24. The largest absolute Gasteiger partial charge is 1.00 e. The Morgan fingerprint density at radius 3 is 1.36 bits per heavy atom. The maximum absolute atomic E-state index is 10.1. The molecule has 62 valence electrons. The Labute approximate surface area is 77.4 Å². The molecule has 0 heterocycles. The monoisotopic (exact) mass is 158 g/mol. The summed E-state index contributed by atoms with van der Waals surface area (Å²) >= 11 is 0. The van der Waals surface area contributed by atoms with Crippen LogP contribution in [-0.4, -0.2) is 27.6 Å². The van der Waals surface area contributed by atoms with Gasteiger partial charge in [0.15, 0.2) is 5.41 Å². The molecule has 0 amide bonds. The van der Waals surface area contributed by atoms with E-state index in [9.17, 15) is 9.59 Å². The maximum atomic E-state index is 10.1. The van der Waals surface area contributed by atoms with E-state index in [1.165, 1.54) is 0 Å². The predicted molar refractivity (Wildman–Crippen MR) is 33.8 cm³/mol. The average Bonchev–Trinajstić information content (AvgIpc) is 1.65. The quantitative estimate of drug-likeness (QED) is 0.321. The van der Waals surface area contributed by atoms with E-state index in [-0.39, 0.29) is 25.8 Å². The first-order chi connectivity index (χ1) is 3.89. The molecule has 0 aliphatic carbocycles. The van der Waals surface area contributed by atoms with Crippen molar-refractivity contribution in [1.29, 1.82) is 0 Å². The smallest absolute Gasteiger partial charge is 1.00 e. The molecule has 0 aliphatic rings. The van der Waals surface area contributed by atoms with Crippen molar-refractivity contribution in [3.63, 3.8) is 0 Å². The third kappa shape index (κ3) is 4.04. The maximum Gasteiger partial charge on any atom is 1.00 e. The van der Waals surface area contributed by atoms with Crippen LogP contribution in [0.5, 0.6) is 0 Å². The van der Waals surface area contributed by atoms with E-state index < -0.39 is 17.4 Å². The third-order valence-corrected chi connectivity index (χ3v) is 1.07.